The maximum Gasteiger partial charge on any atom is 0.161 e. The van der Waals surface area contributed by atoms with Gasteiger partial charge in [-0.1, -0.05) is 0 Å². The van der Waals surface area contributed by atoms with E-state index >= 15 is 0 Å². The molecule has 1 atom stereocenters. The first-order chi connectivity index (χ1) is 13.4. The van der Waals surface area contributed by atoms with Crippen LogP contribution in [0.4, 0.5) is 17.3 Å². The van der Waals surface area contributed by atoms with Crippen LogP contribution in [0.15, 0.2) is 48.8 Å². The zero-order valence-corrected chi connectivity index (χ0v) is 14.8. The minimum Gasteiger partial charge on any atom is -0.381 e. The van der Waals surface area contributed by atoms with Crippen LogP contribution in [0, 0.1) is 5.92 Å². The van der Waals surface area contributed by atoms with Gasteiger partial charge in [-0.25, -0.2) is 9.97 Å². The summed E-state index contributed by atoms with van der Waals surface area (Å²) in [6, 6.07) is 12.2. The zero-order valence-electron chi connectivity index (χ0n) is 14.8. The molecule has 1 saturated heterocycles. The largest absolute Gasteiger partial charge is 0.381 e. The molecule has 5 rings (SSSR count). The molecule has 136 valence electrons. The maximum absolute atomic E-state index is 5.45. The number of nitrogens with one attached hydrogen (secondary N) is 3. The highest BCUT2D eigenvalue weighted by atomic mass is 16.5. The van der Waals surface area contributed by atoms with Gasteiger partial charge in [0.05, 0.1) is 12.0 Å². The molecule has 0 bridgehead atoms. The molecule has 3 aromatic heterocycles. The Morgan fingerprint density at radius 3 is 3.00 bits per heavy atom. The van der Waals surface area contributed by atoms with Crippen molar-refractivity contribution in [3.8, 4) is 0 Å². The van der Waals surface area contributed by atoms with E-state index in [1.54, 1.807) is 6.20 Å². The van der Waals surface area contributed by atoms with Crippen LogP contribution < -0.4 is 10.6 Å². The Hall–Kier alpha value is -3.19. The van der Waals surface area contributed by atoms with Gasteiger partial charge in [0.2, 0.25) is 0 Å². The van der Waals surface area contributed by atoms with Gasteiger partial charge < -0.3 is 15.4 Å². The fraction of sp³-hybridized carbons (Fsp3) is 0.250. The molecule has 7 nitrogen and oxygen atoms in total. The Kier molecular flexibility index (Phi) is 4.06. The molecule has 4 heterocycles. The highest BCUT2D eigenvalue weighted by Crippen LogP contribution is 2.28. The first-order valence-corrected chi connectivity index (χ1v) is 9.13. The third-order valence-electron chi connectivity index (χ3n) is 4.95. The Morgan fingerprint density at radius 2 is 2.07 bits per heavy atom. The second-order valence-electron chi connectivity index (χ2n) is 6.80. The number of anilines is 3. The third kappa shape index (κ3) is 3.17. The summed E-state index contributed by atoms with van der Waals surface area (Å²) in [5, 5.41) is 17.3. The number of aromatic nitrogens is 4. The average Bonchev–Trinajstić information content (AvgIpc) is 3.36. The number of rotatable bonds is 5. The first kappa shape index (κ1) is 16.0. The maximum atomic E-state index is 5.45. The lowest BCUT2D eigenvalue weighted by Crippen LogP contribution is -2.14. The van der Waals surface area contributed by atoms with Crippen LogP contribution in [-0.4, -0.2) is 39.9 Å². The molecule has 0 radical (unpaired) electrons. The highest BCUT2D eigenvalue weighted by Gasteiger charge is 2.16. The van der Waals surface area contributed by atoms with Gasteiger partial charge in [0.1, 0.15) is 5.82 Å². The SMILES string of the molecule is c1cnc2[nH]nc(Nc3ccc4c(NCC5CCOC5)nccc4c3)c2c1. The lowest BCUT2D eigenvalue weighted by Gasteiger charge is -2.13. The predicted molar refractivity (Wildman–Crippen MR) is 106 cm³/mol. The van der Waals surface area contributed by atoms with Crippen LogP contribution in [0.1, 0.15) is 6.42 Å². The van der Waals surface area contributed by atoms with Gasteiger partial charge in [-0.15, -0.1) is 0 Å². The molecule has 1 unspecified atom stereocenters. The van der Waals surface area contributed by atoms with E-state index < -0.39 is 0 Å². The molecule has 1 aromatic carbocycles. The Morgan fingerprint density at radius 1 is 1.07 bits per heavy atom. The highest BCUT2D eigenvalue weighted by molar-refractivity contribution is 5.95. The van der Waals surface area contributed by atoms with E-state index in [0.717, 1.165) is 65.3 Å². The summed E-state index contributed by atoms with van der Waals surface area (Å²) in [7, 11) is 0. The fourth-order valence-corrected chi connectivity index (χ4v) is 3.47. The van der Waals surface area contributed by atoms with E-state index in [2.05, 4.69) is 42.9 Å². The van der Waals surface area contributed by atoms with E-state index in [1.165, 1.54) is 0 Å². The van der Waals surface area contributed by atoms with Crippen molar-refractivity contribution >= 4 is 39.1 Å². The smallest absolute Gasteiger partial charge is 0.161 e. The normalized spacial score (nSPS) is 16.8. The summed E-state index contributed by atoms with van der Waals surface area (Å²) in [5.41, 5.74) is 1.74. The molecular weight excluding hydrogens is 340 g/mol. The van der Waals surface area contributed by atoms with Crippen LogP contribution in [0.2, 0.25) is 0 Å². The van der Waals surface area contributed by atoms with Crippen LogP contribution in [0.5, 0.6) is 0 Å². The minimum absolute atomic E-state index is 0.560. The van der Waals surface area contributed by atoms with Crippen molar-refractivity contribution in [2.75, 3.05) is 30.4 Å². The van der Waals surface area contributed by atoms with Gasteiger partial charge in [0.25, 0.3) is 0 Å². The number of hydrogen-bond acceptors (Lipinski definition) is 6. The molecule has 0 amide bonds. The van der Waals surface area contributed by atoms with Crippen molar-refractivity contribution in [3.63, 3.8) is 0 Å². The van der Waals surface area contributed by atoms with Gasteiger partial charge in [0, 0.05) is 42.5 Å². The van der Waals surface area contributed by atoms with Crippen LogP contribution in [0.3, 0.4) is 0 Å². The topological polar surface area (TPSA) is 87.8 Å². The standard InChI is InChI=1S/C20H20N6O/c1-2-17-19(21-7-1)25-26-20(17)24-15-3-4-16-14(10-15)5-8-22-18(16)23-11-13-6-9-27-12-13/h1-5,7-8,10,13H,6,9,11-12H2,(H,22,23)(H2,21,24,25,26). The summed E-state index contributed by atoms with van der Waals surface area (Å²) in [5.74, 6) is 2.25. The number of hydrogen-bond donors (Lipinski definition) is 3. The van der Waals surface area contributed by atoms with Gasteiger partial charge in [-0.2, -0.15) is 5.10 Å². The molecular formula is C20H20N6O. The van der Waals surface area contributed by atoms with Crippen molar-refractivity contribution in [3.05, 3.63) is 48.8 Å². The second-order valence-corrected chi connectivity index (χ2v) is 6.80. The van der Waals surface area contributed by atoms with Gasteiger partial charge >= 0.3 is 0 Å². The van der Waals surface area contributed by atoms with Crippen molar-refractivity contribution in [2.45, 2.75) is 6.42 Å². The molecule has 0 saturated carbocycles. The lowest BCUT2D eigenvalue weighted by atomic mass is 10.1. The molecule has 1 aliphatic heterocycles. The molecule has 1 fully saturated rings. The quantitative estimate of drug-likeness (QED) is 0.503. The summed E-state index contributed by atoms with van der Waals surface area (Å²) < 4.78 is 5.45. The Bertz CT molecular complexity index is 1090. The molecule has 1 aliphatic rings. The van der Waals surface area contributed by atoms with Gasteiger partial charge in [-0.3, -0.25) is 5.10 Å². The van der Waals surface area contributed by atoms with E-state index in [0.29, 0.717) is 5.92 Å². The number of ether oxygens (including phenoxy) is 1. The first-order valence-electron chi connectivity index (χ1n) is 9.13. The molecule has 3 N–H and O–H groups in total. The summed E-state index contributed by atoms with van der Waals surface area (Å²) in [6.07, 6.45) is 4.70. The Balaban J connectivity index is 1.40. The van der Waals surface area contributed by atoms with Crippen molar-refractivity contribution in [2.24, 2.45) is 5.92 Å². The third-order valence-corrected chi connectivity index (χ3v) is 4.95. The number of H-pyrrole nitrogens is 1. The Labute approximate surface area is 156 Å². The number of aromatic amines is 1. The van der Waals surface area contributed by atoms with Gasteiger partial charge in [-0.05, 0) is 48.2 Å². The number of benzene rings is 1. The van der Waals surface area contributed by atoms with Crippen LogP contribution in [0.25, 0.3) is 21.8 Å². The molecule has 0 spiro atoms. The second kappa shape index (κ2) is 6.85. The van der Waals surface area contributed by atoms with E-state index in [4.69, 9.17) is 4.74 Å². The van der Waals surface area contributed by atoms with E-state index in [1.807, 2.05) is 30.5 Å². The molecule has 7 heteroatoms. The number of pyridine rings is 2. The van der Waals surface area contributed by atoms with Crippen molar-refractivity contribution < 1.29 is 4.74 Å². The lowest BCUT2D eigenvalue weighted by molar-refractivity contribution is 0.187. The minimum atomic E-state index is 0.560. The van der Waals surface area contributed by atoms with Gasteiger partial charge in [0.15, 0.2) is 11.5 Å². The molecule has 0 aliphatic carbocycles. The summed E-state index contributed by atoms with van der Waals surface area (Å²) >= 11 is 0. The average molecular weight is 360 g/mol. The number of nitrogens with zero attached hydrogens (tertiary/aromatic N) is 3. The molecule has 4 aromatic rings. The zero-order chi connectivity index (χ0) is 18.1. The van der Waals surface area contributed by atoms with Crippen molar-refractivity contribution in [1.29, 1.82) is 0 Å². The van der Waals surface area contributed by atoms with E-state index in [-0.39, 0.29) is 0 Å². The summed E-state index contributed by atoms with van der Waals surface area (Å²) in [4.78, 5) is 8.79. The monoisotopic (exact) mass is 360 g/mol. The molecule has 27 heavy (non-hydrogen) atoms. The number of fused-ring (bicyclic) bond motifs is 2. The predicted octanol–water partition coefficient (Wildman–Crippen LogP) is 3.70. The van der Waals surface area contributed by atoms with E-state index in [9.17, 15) is 0 Å². The summed E-state index contributed by atoms with van der Waals surface area (Å²) in [6.45, 7) is 2.58. The van der Waals surface area contributed by atoms with Crippen LogP contribution >= 0.6 is 0 Å². The van der Waals surface area contributed by atoms with Crippen molar-refractivity contribution in [1.82, 2.24) is 20.2 Å². The van der Waals surface area contributed by atoms with Crippen LogP contribution in [-0.2, 0) is 4.74 Å². The fourth-order valence-electron chi connectivity index (χ4n) is 3.47.